The van der Waals surface area contributed by atoms with E-state index >= 15 is 0 Å². The van der Waals surface area contributed by atoms with E-state index in [1.807, 2.05) is 48.5 Å². The second-order valence-corrected chi connectivity index (χ2v) is 9.16. The topological polar surface area (TPSA) is 60.6 Å². The molecule has 0 radical (unpaired) electrons. The molecule has 0 aliphatic heterocycles. The number of nitrogens with zero attached hydrogens (tertiary/aromatic N) is 5. The molecule has 33 heavy (non-hydrogen) atoms. The minimum absolute atomic E-state index is 0.765. The SMILES string of the molecule is Clc1cccc(Cn2cc(CNCCSc3nnnn3-c3ccccc3)c3ccccc32)c1. The van der Waals surface area contributed by atoms with Crippen LogP contribution in [0.3, 0.4) is 0 Å². The third kappa shape index (κ3) is 5.11. The number of tetrazole rings is 1. The average Bonchev–Trinajstić information content (AvgIpc) is 3.45. The second-order valence-electron chi connectivity index (χ2n) is 7.66. The molecule has 0 saturated carbocycles. The number of aromatic nitrogens is 5. The van der Waals surface area contributed by atoms with Crippen molar-refractivity contribution >= 4 is 34.3 Å². The molecule has 5 rings (SSSR count). The Hall–Kier alpha value is -3.13. The highest BCUT2D eigenvalue weighted by molar-refractivity contribution is 7.99. The molecular formula is C25H23ClN6S. The molecule has 0 aliphatic rings. The molecule has 0 bridgehead atoms. The summed E-state index contributed by atoms with van der Waals surface area (Å²) in [6.45, 7) is 2.44. The molecule has 3 aromatic carbocycles. The lowest BCUT2D eigenvalue weighted by Crippen LogP contribution is -2.16. The molecule has 2 heterocycles. The summed E-state index contributed by atoms with van der Waals surface area (Å²) in [5.41, 5.74) is 4.67. The Labute approximate surface area is 201 Å². The summed E-state index contributed by atoms with van der Waals surface area (Å²) in [6.07, 6.45) is 2.24. The van der Waals surface area contributed by atoms with Crippen LogP contribution >= 0.6 is 23.4 Å². The quantitative estimate of drug-likeness (QED) is 0.235. The smallest absolute Gasteiger partial charge is 0.214 e. The predicted molar refractivity (Wildman–Crippen MR) is 134 cm³/mol. The summed E-state index contributed by atoms with van der Waals surface area (Å²) in [6, 6.07) is 26.5. The van der Waals surface area contributed by atoms with Gasteiger partial charge in [-0.2, -0.15) is 4.68 Å². The van der Waals surface area contributed by atoms with Crippen molar-refractivity contribution in [2.24, 2.45) is 0 Å². The zero-order valence-electron chi connectivity index (χ0n) is 17.9. The van der Waals surface area contributed by atoms with Crippen molar-refractivity contribution in [1.29, 1.82) is 0 Å². The number of thioether (sulfide) groups is 1. The Kier molecular flexibility index (Phi) is 6.71. The second kappa shape index (κ2) is 10.2. The fourth-order valence-electron chi connectivity index (χ4n) is 3.86. The van der Waals surface area contributed by atoms with E-state index in [1.54, 1.807) is 16.4 Å². The number of rotatable bonds is 9. The van der Waals surface area contributed by atoms with Crippen molar-refractivity contribution in [1.82, 2.24) is 30.1 Å². The van der Waals surface area contributed by atoms with Gasteiger partial charge in [0.25, 0.3) is 0 Å². The number of para-hydroxylation sites is 2. The van der Waals surface area contributed by atoms with Crippen LogP contribution in [0.2, 0.25) is 5.02 Å². The minimum Gasteiger partial charge on any atom is -0.343 e. The van der Waals surface area contributed by atoms with Gasteiger partial charge in [-0.3, -0.25) is 0 Å². The summed E-state index contributed by atoms with van der Waals surface area (Å²) in [7, 11) is 0. The predicted octanol–water partition coefficient (Wildman–Crippen LogP) is 5.20. The molecule has 0 unspecified atom stereocenters. The number of halogens is 1. The molecule has 0 aliphatic carbocycles. The van der Waals surface area contributed by atoms with Crippen molar-refractivity contribution < 1.29 is 0 Å². The van der Waals surface area contributed by atoms with Gasteiger partial charge in [0.15, 0.2) is 0 Å². The first-order chi connectivity index (χ1) is 16.3. The lowest BCUT2D eigenvalue weighted by atomic mass is 10.2. The first kappa shape index (κ1) is 21.7. The van der Waals surface area contributed by atoms with Crippen molar-refractivity contribution in [3.63, 3.8) is 0 Å². The zero-order valence-corrected chi connectivity index (χ0v) is 19.5. The van der Waals surface area contributed by atoms with Crippen LogP contribution < -0.4 is 5.32 Å². The van der Waals surface area contributed by atoms with Gasteiger partial charge in [-0.15, -0.1) is 5.10 Å². The average molecular weight is 475 g/mol. The standard InChI is InChI=1S/C25H23ClN6S/c26-21-8-6-7-19(15-21)17-31-18-20(23-11-4-5-12-24(23)31)16-27-13-14-33-25-28-29-30-32(25)22-9-2-1-3-10-22/h1-12,15,18,27H,13-14,16-17H2. The van der Waals surface area contributed by atoms with Gasteiger partial charge in [-0.25, -0.2) is 0 Å². The molecular weight excluding hydrogens is 452 g/mol. The van der Waals surface area contributed by atoms with E-state index < -0.39 is 0 Å². The molecule has 2 aromatic heterocycles. The molecule has 6 nitrogen and oxygen atoms in total. The Balaban J connectivity index is 1.21. The minimum atomic E-state index is 0.765. The van der Waals surface area contributed by atoms with Crippen LogP contribution in [0.4, 0.5) is 0 Å². The molecule has 166 valence electrons. The highest BCUT2D eigenvalue weighted by Crippen LogP contribution is 2.23. The summed E-state index contributed by atoms with van der Waals surface area (Å²) < 4.78 is 4.06. The Bertz CT molecular complexity index is 1350. The van der Waals surface area contributed by atoms with Crippen molar-refractivity contribution in [2.75, 3.05) is 12.3 Å². The number of nitrogens with one attached hydrogen (secondary N) is 1. The Morgan fingerprint density at radius 2 is 1.79 bits per heavy atom. The van der Waals surface area contributed by atoms with Gasteiger partial charge in [-0.1, -0.05) is 71.9 Å². The maximum absolute atomic E-state index is 6.18. The van der Waals surface area contributed by atoms with Crippen molar-refractivity contribution in [3.05, 3.63) is 101 Å². The highest BCUT2D eigenvalue weighted by Gasteiger charge is 2.10. The van der Waals surface area contributed by atoms with Crippen molar-refractivity contribution in [3.8, 4) is 5.69 Å². The largest absolute Gasteiger partial charge is 0.343 e. The van der Waals surface area contributed by atoms with E-state index in [9.17, 15) is 0 Å². The van der Waals surface area contributed by atoms with Crippen LogP contribution in [-0.2, 0) is 13.1 Å². The monoisotopic (exact) mass is 474 g/mol. The van der Waals surface area contributed by atoms with Gasteiger partial charge in [0.1, 0.15) is 0 Å². The zero-order chi connectivity index (χ0) is 22.5. The molecule has 8 heteroatoms. The van der Waals surface area contributed by atoms with E-state index in [0.29, 0.717) is 0 Å². The molecule has 1 N–H and O–H groups in total. The van der Waals surface area contributed by atoms with E-state index in [0.717, 1.165) is 41.3 Å². The molecule has 5 aromatic rings. The number of hydrogen-bond acceptors (Lipinski definition) is 5. The fourth-order valence-corrected chi connectivity index (χ4v) is 4.86. The molecule has 0 atom stereocenters. The van der Waals surface area contributed by atoms with Crippen LogP contribution in [0.25, 0.3) is 16.6 Å². The summed E-state index contributed by atoms with van der Waals surface area (Å²) in [5.74, 6) is 0.869. The lowest BCUT2D eigenvalue weighted by Gasteiger charge is -2.06. The number of fused-ring (bicyclic) bond motifs is 1. The third-order valence-corrected chi connectivity index (χ3v) is 6.54. The summed E-state index contributed by atoms with van der Waals surface area (Å²) >= 11 is 7.82. The lowest BCUT2D eigenvalue weighted by molar-refractivity contribution is 0.725. The van der Waals surface area contributed by atoms with Gasteiger partial charge in [0.2, 0.25) is 5.16 Å². The highest BCUT2D eigenvalue weighted by atomic mass is 35.5. The van der Waals surface area contributed by atoms with Crippen LogP contribution in [-0.4, -0.2) is 37.1 Å². The van der Waals surface area contributed by atoms with Crippen LogP contribution in [0.5, 0.6) is 0 Å². The first-order valence-electron chi connectivity index (χ1n) is 10.8. The maximum Gasteiger partial charge on any atom is 0.214 e. The normalized spacial score (nSPS) is 11.3. The van der Waals surface area contributed by atoms with Gasteiger partial charge < -0.3 is 9.88 Å². The third-order valence-electron chi connectivity index (χ3n) is 5.38. The van der Waals surface area contributed by atoms with Crippen molar-refractivity contribution in [2.45, 2.75) is 18.2 Å². The van der Waals surface area contributed by atoms with E-state index in [1.165, 1.54) is 22.0 Å². The molecule has 0 saturated heterocycles. The first-order valence-corrected chi connectivity index (χ1v) is 12.1. The Morgan fingerprint density at radius 3 is 2.67 bits per heavy atom. The van der Waals surface area contributed by atoms with Gasteiger partial charge >= 0.3 is 0 Å². The molecule has 0 spiro atoms. The molecule has 0 fully saturated rings. The van der Waals surface area contributed by atoms with Gasteiger partial charge in [-0.05, 0) is 51.9 Å². The van der Waals surface area contributed by atoms with E-state index in [-0.39, 0.29) is 0 Å². The van der Waals surface area contributed by atoms with Gasteiger partial charge in [0, 0.05) is 47.5 Å². The summed E-state index contributed by atoms with van der Waals surface area (Å²) in [4.78, 5) is 0. The van der Waals surface area contributed by atoms with Crippen LogP contribution in [0, 0.1) is 0 Å². The fraction of sp³-hybridized carbons (Fsp3) is 0.160. The van der Waals surface area contributed by atoms with Crippen LogP contribution in [0.15, 0.2) is 90.2 Å². The summed E-state index contributed by atoms with van der Waals surface area (Å²) in [5, 5.41) is 18.5. The van der Waals surface area contributed by atoms with E-state index in [4.69, 9.17) is 11.6 Å². The number of hydrogen-bond donors (Lipinski definition) is 1. The van der Waals surface area contributed by atoms with Gasteiger partial charge in [0.05, 0.1) is 5.69 Å². The van der Waals surface area contributed by atoms with Crippen LogP contribution in [0.1, 0.15) is 11.1 Å². The Morgan fingerprint density at radius 1 is 0.939 bits per heavy atom. The maximum atomic E-state index is 6.18. The van der Waals surface area contributed by atoms with E-state index in [2.05, 4.69) is 61.9 Å². The number of benzene rings is 3. The molecule has 0 amide bonds.